The van der Waals surface area contributed by atoms with Crippen LogP contribution in [0.3, 0.4) is 0 Å². The van der Waals surface area contributed by atoms with Crippen molar-refractivity contribution in [3.63, 3.8) is 0 Å². The zero-order valence-electron chi connectivity index (χ0n) is 14.7. The van der Waals surface area contributed by atoms with Gasteiger partial charge in [-0.2, -0.15) is 0 Å². The molecule has 2 aromatic rings. The van der Waals surface area contributed by atoms with Gasteiger partial charge in [-0.15, -0.1) is 11.3 Å². The minimum atomic E-state index is -1.08. The Hall–Kier alpha value is -2.41. The Bertz CT molecular complexity index is 800. The molecule has 1 atom stereocenters. The number of ether oxygens (including phenoxy) is 1. The number of hydrogen-bond acceptors (Lipinski definition) is 5. The second-order valence-electron chi connectivity index (χ2n) is 6.51. The number of nitrogens with zero attached hydrogens (tertiary/aromatic N) is 2. The molecule has 2 heterocycles. The highest BCUT2D eigenvalue weighted by atomic mass is 32.1. The molecule has 1 aliphatic rings. The third-order valence-electron chi connectivity index (χ3n) is 4.33. The van der Waals surface area contributed by atoms with Gasteiger partial charge in [0, 0.05) is 11.3 Å². The number of carbonyl (C=O) groups excluding carboxylic acids is 2. The summed E-state index contributed by atoms with van der Waals surface area (Å²) < 4.78 is 5.14. The van der Waals surface area contributed by atoms with Crippen LogP contribution in [-0.4, -0.2) is 28.9 Å². The first kappa shape index (κ1) is 17.4. The number of benzene rings is 1. The number of urea groups is 1. The number of aromatic nitrogens is 1. The average Bonchev–Trinajstić information content (AvgIpc) is 3.15. The highest BCUT2D eigenvalue weighted by Gasteiger charge is 2.49. The molecule has 0 saturated carbocycles. The zero-order chi connectivity index (χ0) is 18.2. The first-order valence-electron chi connectivity index (χ1n) is 8.08. The summed E-state index contributed by atoms with van der Waals surface area (Å²) in [6, 6.07) is 6.73. The maximum Gasteiger partial charge on any atom is 0.325 e. The summed E-state index contributed by atoms with van der Waals surface area (Å²) in [6.07, 6.45) is 0. The standard InChI is InChI=1S/C18H21N3O3S/c1-11(2)15-19-13(10-25-15)9-21-16(22)18(3,20-17(21)23)12-5-7-14(24-4)8-6-12/h5-8,10-11H,9H2,1-4H3,(H,20,23)/t18-/m1/s1. The van der Waals surface area contributed by atoms with Crippen LogP contribution in [0.25, 0.3) is 0 Å². The fourth-order valence-electron chi connectivity index (χ4n) is 2.78. The quantitative estimate of drug-likeness (QED) is 0.832. The van der Waals surface area contributed by atoms with Gasteiger partial charge in [-0.1, -0.05) is 26.0 Å². The van der Waals surface area contributed by atoms with Gasteiger partial charge in [-0.3, -0.25) is 9.69 Å². The van der Waals surface area contributed by atoms with Crippen molar-refractivity contribution in [3.8, 4) is 5.75 Å². The third kappa shape index (κ3) is 3.11. The van der Waals surface area contributed by atoms with Crippen LogP contribution < -0.4 is 10.1 Å². The Morgan fingerprint density at radius 2 is 1.96 bits per heavy atom. The Balaban J connectivity index is 1.83. The van der Waals surface area contributed by atoms with Crippen molar-refractivity contribution in [1.82, 2.24) is 15.2 Å². The topological polar surface area (TPSA) is 71.5 Å². The second kappa shape index (κ2) is 6.48. The zero-order valence-corrected chi connectivity index (χ0v) is 15.5. The summed E-state index contributed by atoms with van der Waals surface area (Å²) in [4.78, 5) is 31.1. The van der Waals surface area contributed by atoms with Crippen molar-refractivity contribution in [3.05, 3.63) is 45.9 Å². The first-order valence-corrected chi connectivity index (χ1v) is 8.96. The van der Waals surface area contributed by atoms with E-state index in [1.165, 1.54) is 4.90 Å². The summed E-state index contributed by atoms with van der Waals surface area (Å²) in [6.45, 7) is 6.03. The monoisotopic (exact) mass is 359 g/mol. The summed E-state index contributed by atoms with van der Waals surface area (Å²) in [5.74, 6) is 0.748. The van der Waals surface area contributed by atoms with E-state index in [-0.39, 0.29) is 12.5 Å². The normalized spacial score (nSPS) is 20.3. The molecule has 3 rings (SSSR count). The lowest BCUT2D eigenvalue weighted by Crippen LogP contribution is -2.40. The van der Waals surface area contributed by atoms with E-state index in [0.29, 0.717) is 11.7 Å². The number of methoxy groups -OCH3 is 1. The number of hydrogen-bond donors (Lipinski definition) is 1. The van der Waals surface area contributed by atoms with Gasteiger partial charge in [0.15, 0.2) is 0 Å². The molecule has 132 valence electrons. The predicted octanol–water partition coefficient (Wildman–Crippen LogP) is 3.24. The van der Waals surface area contributed by atoms with Gasteiger partial charge in [0.25, 0.3) is 5.91 Å². The smallest absolute Gasteiger partial charge is 0.325 e. The third-order valence-corrected chi connectivity index (χ3v) is 5.52. The second-order valence-corrected chi connectivity index (χ2v) is 7.40. The van der Waals surface area contributed by atoms with E-state index in [1.807, 2.05) is 5.38 Å². The van der Waals surface area contributed by atoms with Crippen molar-refractivity contribution < 1.29 is 14.3 Å². The molecule has 3 amide bonds. The molecule has 0 bridgehead atoms. The molecule has 0 unspecified atom stereocenters. The van der Waals surface area contributed by atoms with Crippen LogP contribution >= 0.6 is 11.3 Å². The van der Waals surface area contributed by atoms with Crippen LogP contribution in [0.15, 0.2) is 29.6 Å². The molecular formula is C18H21N3O3S. The number of thiazole rings is 1. The molecule has 1 fully saturated rings. The van der Waals surface area contributed by atoms with Gasteiger partial charge >= 0.3 is 6.03 Å². The van der Waals surface area contributed by atoms with Gasteiger partial charge in [-0.05, 0) is 24.6 Å². The van der Waals surface area contributed by atoms with Gasteiger partial charge in [0.1, 0.15) is 11.3 Å². The van der Waals surface area contributed by atoms with Gasteiger partial charge < -0.3 is 10.1 Å². The fraction of sp³-hybridized carbons (Fsp3) is 0.389. The Labute approximate surface area is 150 Å². The van der Waals surface area contributed by atoms with E-state index in [2.05, 4.69) is 24.1 Å². The van der Waals surface area contributed by atoms with E-state index in [1.54, 1.807) is 49.6 Å². The number of carbonyl (C=O) groups is 2. The molecule has 1 N–H and O–H groups in total. The van der Waals surface area contributed by atoms with Gasteiger partial charge in [0.05, 0.1) is 24.4 Å². The van der Waals surface area contributed by atoms with E-state index >= 15 is 0 Å². The molecular weight excluding hydrogens is 338 g/mol. The summed E-state index contributed by atoms with van der Waals surface area (Å²) in [5, 5.41) is 5.71. The summed E-state index contributed by atoms with van der Waals surface area (Å²) in [7, 11) is 1.58. The molecule has 1 aromatic heterocycles. The predicted molar refractivity (Wildman–Crippen MR) is 95.6 cm³/mol. The highest BCUT2D eigenvalue weighted by Crippen LogP contribution is 2.31. The minimum Gasteiger partial charge on any atom is -0.497 e. The van der Waals surface area contributed by atoms with Crippen molar-refractivity contribution in [2.24, 2.45) is 0 Å². The van der Waals surface area contributed by atoms with E-state index < -0.39 is 11.6 Å². The largest absolute Gasteiger partial charge is 0.497 e. The van der Waals surface area contributed by atoms with Crippen LogP contribution in [0.2, 0.25) is 0 Å². The van der Waals surface area contributed by atoms with Crippen LogP contribution in [0.1, 0.15) is 43.0 Å². The van der Waals surface area contributed by atoms with E-state index in [0.717, 1.165) is 16.3 Å². The van der Waals surface area contributed by atoms with Gasteiger partial charge in [-0.25, -0.2) is 9.78 Å². The fourth-order valence-corrected chi connectivity index (χ4v) is 3.61. The van der Waals surface area contributed by atoms with Crippen molar-refractivity contribution in [1.29, 1.82) is 0 Å². The molecule has 1 aromatic carbocycles. The lowest BCUT2D eigenvalue weighted by molar-refractivity contribution is -0.131. The molecule has 0 radical (unpaired) electrons. The van der Waals surface area contributed by atoms with E-state index in [9.17, 15) is 9.59 Å². The molecule has 0 aliphatic carbocycles. The Morgan fingerprint density at radius 3 is 2.52 bits per heavy atom. The maximum atomic E-state index is 12.9. The lowest BCUT2D eigenvalue weighted by atomic mass is 9.92. The van der Waals surface area contributed by atoms with Crippen molar-refractivity contribution >= 4 is 23.3 Å². The molecule has 1 aliphatic heterocycles. The highest BCUT2D eigenvalue weighted by molar-refractivity contribution is 7.09. The molecule has 25 heavy (non-hydrogen) atoms. The Morgan fingerprint density at radius 1 is 1.28 bits per heavy atom. The molecule has 7 heteroatoms. The lowest BCUT2D eigenvalue weighted by Gasteiger charge is -2.22. The van der Waals surface area contributed by atoms with Crippen LogP contribution in [0, 0.1) is 0 Å². The summed E-state index contributed by atoms with van der Waals surface area (Å²) in [5.41, 5.74) is 0.367. The van der Waals surface area contributed by atoms with E-state index in [4.69, 9.17) is 4.74 Å². The number of imide groups is 1. The van der Waals surface area contributed by atoms with Crippen molar-refractivity contribution in [2.45, 2.75) is 38.8 Å². The van der Waals surface area contributed by atoms with Gasteiger partial charge in [0.2, 0.25) is 0 Å². The van der Waals surface area contributed by atoms with Crippen LogP contribution in [-0.2, 0) is 16.9 Å². The van der Waals surface area contributed by atoms with Crippen molar-refractivity contribution in [2.75, 3.05) is 7.11 Å². The number of amides is 3. The van der Waals surface area contributed by atoms with Crippen LogP contribution in [0.5, 0.6) is 5.75 Å². The maximum absolute atomic E-state index is 12.9. The first-order chi connectivity index (χ1) is 11.8. The summed E-state index contributed by atoms with van der Waals surface area (Å²) >= 11 is 1.55. The molecule has 1 saturated heterocycles. The molecule has 0 spiro atoms. The average molecular weight is 359 g/mol. The SMILES string of the molecule is COc1ccc([C@@]2(C)NC(=O)N(Cc3csc(C(C)C)n3)C2=O)cc1. The number of nitrogens with one attached hydrogen (secondary N) is 1. The minimum absolute atomic E-state index is 0.180. The molecule has 6 nitrogen and oxygen atoms in total. The van der Waals surface area contributed by atoms with Crippen LogP contribution in [0.4, 0.5) is 4.79 Å². The number of rotatable bonds is 5. The Kier molecular flexibility index (Phi) is 4.51.